The highest BCUT2D eigenvalue weighted by Crippen LogP contribution is 2.50. The normalized spacial score (nSPS) is 20.4. The molecular formula is C29H44N4O4S. The van der Waals surface area contributed by atoms with Crippen molar-refractivity contribution in [2.75, 3.05) is 35.0 Å². The Bertz CT molecular complexity index is 1080. The van der Waals surface area contributed by atoms with E-state index < -0.39 is 22.9 Å². The molecule has 1 saturated heterocycles. The molecule has 1 heterocycles. The van der Waals surface area contributed by atoms with Crippen LogP contribution in [0.5, 0.6) is 0 Å². The van der Waals surface area contributed by atoms with Crippen LogP contribution in [0, 0.1) is 5.92 Å². The summed E-state index contributed by atoms with van der Waals surface area (Å²) < 4.78 is 23.0. The average Bonchev–Trinajstić information content (AvgIpc) is 3.69. The predicted molar refractivity (Wildman–Crippen MR) is 157 cm³/mol. The summed E-state index contributed by atoms with van der Waals surface area (Å²) in [5, 5.41) is 21.2. The van der Waals surface area contributed by atoms with Gasteiger partial charge in [-0.2, -0.15) is 0 Å². The van der Waals surface area contributed by atoms with Gasteiger partial charge in [0, 0.05) is 36.4 Å². The summed E-state index contributed by atoms with van der Waals surface area (Å²) in [6.45, 7) is 7.96. The van der Waals surface area contributed by atoms with Crippen molar-refractivity contribution in [2.24, 2.45) is 5.92 Å². The molecule has 0 radical (unpaired) electrons. The third-order valence-corrected chi connectivity index (χ3v) is 9.80. The second kappa shape index (κ2) is 12.3. The molecule has 9 heteroatoms. The van der Waals surface area contributed by atoms with Gasteiger partial charge < -0.3 is 21.1 Å². The average molecular weight is 545 g/mol. The molecule has 1 aliphatic heterocycles. The molecule has 2 atom stereocenters. The van der Waals surface area contributed by atoms with Crippen molar-refractivity contribution in [3.8, 4) is 0 Å². The van der Waals surface area contributed by atoms with Gasteiger partial charge in [-0.25, -0.2) is 0 Å². The summed E-state index contributed by atoms with van der Waals surface area (Å²) >= 11 is 0. The van der Waals surface area contributed by atoms with Crippen molar-refractivity contribution in [3.05, 3.63) is 59.7 Å². The molecule has 210 valence electrons. The molecule has 0 aromatic heterocycles. The highest BCUT2D eigenvalue weighted by molar-refractivity contribution is 8.25. The van der Waals surface area contributed by atoms with Crippen LogP contribution in [0.15, 0.2) is 48.5 Å². The SMILES string of the molecule is CCNc1cc(C(=O)N[C@@H](Cc2ccccc2)[C@@H](O)CNC2(C(C)C)CC2)cc(N2CCCCS2(O)O)c1. The summed E-state index contributed by atoms with van der Waals surface area (Å²) in [6, 6.07) is 14.7. The topological polar surface area (TPSA) is 117 Å². The van der Waals surface area contributed by atoms with Crippen LogP contribution in [0.3, 0.4) is 0 Å². The van der Waals surface area contributed by atoms with Crippen molar-refractivity contribution >= 4 is 28.1 Å². The standard InChI is InChI=1S/C29H44N4O4S/c1-4-30-24-17-23(18-25(19-24)33-14-8-9-15-38(33,36)37)28(35)32-26(16-22-10-6-5-7-11-22)27(34)20-31-29(12-13-29)21(2)3/h5-7,10-11,17-19,21,26-27,30-31,34,36-37H,4,8-9,12-16,20H2,1-3H3,(H,32,35)/t26-,27-/m0/s1. The van der Waals surface area contributed by atoms with E-state index in [1.165, 1.54) is 0 Å². The van der Waals surface area contributed by atoms with Crippen LogP contribution in [-0.2, 0) is 6.42 Å². The highest BCUT2D eigenvalue weighted by atomic mass is 32.3. The molecule has 2 aliphatic rings. The van der Waals surface area contributed by atoms with Gasteiger partial charge in [0.1, 0.15) is 0 Å². The number of hydrogen-bond acceptors (Lipinski definition) is 7. The Labute approximate surface area is 228 Å². The Kier molecular flexibility index (Phi) is 9.26. The second-order valence-corrected chi connectivity index (χ2v) is 13.1. The Balaban J connectivity index is 1.56. The molecule has 1 saturated carbocycles. The molecule has 8 nitrogen and oxygen atoms in total. The van der Waals surface area contributed by atoms with Crippen molar-refractivity contribution in [1.82, 2.24) is 10.6 Å². The number of β-amino-alcohol motifs (C(OH)–C–C–N with tert-alkyl or cyclic N) is 1. The minimum atomic E-state index is -2.92. The van der Waals surface area contributed by atoms with Gasteiger partial charge in [0.15, 0.2) is 0 Å². The van der Waals surface area contributed by atoms with Crippen molar-refractivity contribution in [1.29, 1.82) is 0 Å². The maximum absolute atomic E-state index is 13.6. The molecule has 6 N–H and O–H groups in total. The van der Waals surface area contributed by atoms with Crippen LogP contribution in [0.25, 0.3) is 0 Å². The number of nitrogens with one attached hydrogen (secondary N) is 3. The lowest BCUT2D eigenvalue weighted by Crippen LogP contribution is -2.51. The minimum absolute atomic E-state index is 0.0786. The maximum Gasteiger partial charge on any atom is 0.251 e. The minimum Gasteiger partial charge on any atom is -0.390 e. The molecule has 0 spiro atoms. The van der Waals surface area contributed by atoms with Crippen LogP contribution in [0.1, 0.15) is 62.4 Å². The van der Waals surface area contributed by atoms with Gasteiger partial charge in [0.05, 0.1) is 23.6 Å². The zero-order chi connectivity index (χ0) is 27.3. The number of rotatable bonds is 12. The number of nitrogens with zero attached hydrogens (tertiary/aromatic N) is 1. The van der Waals surface area contributed by atoms with E-state index in [0.29, 0.717) is 49.0 Å². The van der Waals surface area contributed by atoms with Gasteiger partial charge in [-0.15, -0.1) is 10.8 Å². The monoisotopic (exact) mass is 544 g/mol. The van der Waals surface area contributed by atoms with E-state index in [4.69, 9.17) is 0 Å². The third kappa shape index (κ3) is 7.01. The van der Waals surface area contributed by atoms with Crippen molar-refractivity contribution < 1.29 is 19.0 Å². The van der Waals surface area contributed by atoms with Gasteiger partial charge in [0.2, 0.25) is 0 Å². The first-order valence-corrected chi connectivity index (χ1v) is 15.5. The molecule has 4 rings (SSSR count). The number of amides is 1. The van der Waals surface area contributed by atoms with E-state index in [0.717, 1.165) is 36.9 Å². The van der Waals surface area contributed by atoms with Gasteiger partial charge >= 0.3 is 0 Å². The van der Waals surface area contributed by atoms with E-state index in [1.807, 2.05) is 43.3 Å². The van der Waals surface area contributed by atoms with E-state index in [1.54, 1.807) is 16.4 Å². The summed E-state index contributed by atoms with van der Waals surface area (Å²) in [4.78, 5) is 13.6. The molecule has 0 unspecified atom stereocenters. The maximum atomic E-state index is 13.6. The van der Waals surface area contributed by atoms with Crippen LogP contribution >= 0.6 is 10.8 Å². The van der Waals surface area contributed by atoms with E-state index >= 15 is 0 Å². The lowest BCUT2D eigenvalue weighted by Gasteiger charge is -2.47. The molecule has 2 aromatic rings. The lowest BCUT2D eigenvalue weighted by molar-refractivity contribution is 0.0817. The quantitative estimate of drug-likeness (QED) is 0.226. The van der Waals surface area contributed by atoms with Crippen molar-refractivity contribution in [3.63, 3.8) is 0 Å². The number of aliphatic hydroxyl groups excluding tert-OH is 1. The van der Waals surface area contributed by atoms with Crippen LogP contribution < -0.4 is 20.3 Å². The van der Waals surface area contributed by atoms with Crippen LogP contribution in [0.2, 0.25) is 0 Å². The van der Waals surface area contributed by atoms with E-state index in [9.17, 15) is 19.0 Å². The van der Waals surface area contributed by atoms with Crippen LogP contribution in [0.4, 0.5) is 11.4 Å². The lowest BCUT2D eigenvalue weighted by atomic mass is 9.98. The van der Waals surface area contributed by atoms with Gasteiger partial charge in [-0.3, -0.25) is 18.2 Å². The first-order chi connectivity index (χ1) is 18.1. The largest absolute Gasteiger partial charge is 0.390 e. The number of anilines is 2. The number of hydrogen-bond donors (Lipinski definition) is 6. The van der Waals surface area contributed by atoms with Gasteiger partial charge in [0.25, 0.3) is 5.91 Å². The summed E-state index contributed by atoms with van der Waals surface area (Å²) in [7, 11) is -2.92. The number of aliphatic hydroxyl groups is 1. The fourth-order valence-electron chi connectivity index (χ4n) is 5.24. The highest BCUT2D eigenvalue weighted by Gasteiger charge is 2.45. The molecule has 1 amide bonds. The molecular weight excluding hydrogens is 500 g/mol. The molecule has 2 aromatic carbocycles. The van der Waals surface area contributed by atoms with Gasteiger partial charge in [-0.05, 0) is 68.7 Å². The summed E-state index contributed by atoms with van der Waals surface area (Å²) in [6.07, 6.45) is 3.55. The molecule has 1 aliphatic carbocycles. The smallest absolute Gasteiger partial charge is 0.251 e. The second-order valence-electron chi connectivity index (χ2n) is 11.0. The Hall–Kier alpha value is -2.30. The number of benzene rings is 2. The first kappa shape index (κ1) is 28.7. The molecule has 0 bridgehead atoms. The summed E-state index contributed by atoms with van der Waals surface area (Å²) in [5.41, 5.74) is 2.88. The predicted octanol–water partition coefficient (Wildman–Crippen LogP) is 4.86. The fraction of sp³-hybridized carbons (Fsp3) is 0.552. The number of carbonyl (C=O) groups excluding carboxylic acids is 1. The first-order valence-electron chi connectivity index (χ1n) is 13.8. The third-order valence-electron chi connectivity index (χ3n) is 7.87. The Morgan fingerprint density at radius 2 is 1.84 bits per heavy atom. The number of carbonyl (C=O) groups is 1. The molecule has 38 heavy (non-hydrogen) atoms. The Morgan fingerprint density at radius 1 is 1.11 bits per heavy atom. The van der Waals surface area contributed by atoms with E-state index in [2.05, 4.69) is 29.8 Å². The summed E-state index contributed by atoms with van der Waals surface area (Å²) in [5.74, 6) is 0.506. The van der Waals surface area contributed by atoms with Crippen molar-refractivity contribution in [2.45, 2.75) is 70.6 Å². The van der Waals surface area contributed by atoms with Gasteiger partial charge in [-0.1, -0.05) is 44.2 Å². The fourth-order valence-corrected chi connectivity index (χ4v) is 6.92. The zero-order valence-corrected chi connectivity index (χ0v) is 23.6. The zero-order valence-electron chi connectivity index (χ0n) is 22.8. The van der Waals surface area contributed by atoms with E-state index in [-0.39, 0.29) is 11.4 Å². The van der Waals surface area contributed by atoms with Crippen LogP contribution in [-0.4, -0.2) is 63.2 Å². The molecule has 2 fully saturated rings. The Morgan fingerprint density at radius 3 is 2.47 bits per heavy atom.